The Kier molecular flexibility index (Phi) is 4.73. The highest BCUT2D eigenvalue weighted by Crippen LogP contribution is 2.31. The molecule has 5 nitrogen and oxygen atoms in total. The first kappa shape index (κ1) is 15.0. The van der Waals surface area contributed by atoms with Gasteiger partial charge in [0.2, 0.25) is 5.91 Å². The van der Waals surface area contributed by atoms with Crippen LogP contribution in [0.1, 0.15) is 33.6 Å². The molecule has 0 aromatic rings. The summed E-state index contributed by atoms with van der Waals surface area (Å²) in [5.74, 6) is -1.14. The lowest BCUT2D eigenvalue weighted by Gasteiger charge is -2.28. The van der Waals surface area contributed by atoms with Crippen molar-refractivity contribution in [2.45, 2.75) is 39.7 Å². The molecule has 0 radical (unpaired) electrons. The van der Waals surface area contributed by atoms with Crippen LogP contribution in [0.2, 0.25) is 0 Å². The van der Waals surface area contributed by atoms with Gasteiger partial charge in [-0.05, 0) is 32.9 Å². The second kappa shape index (κ2) is 5.69. The van der Waals surface area contributed by atoms with Crippen molar-refractivity contribution in [3.8, 4) is 0 Å². The summed E-state index contributed by atoms with van der Waals surface area (Å²) in [6.07, 6.45) is 0.980. The molecule has 0 spiro atoms. The molecular weight excluding hydrogens is 232 g/mol. The highest BCUT2D eigenvalue weighted by Gasteiger charge is 2.39. The van der Waals surface area contributed by atoms with Gasteiger partial charge in [0.25, 0.3) is 0 Å². The number of nitrogens with zero attached hydrogens (tertiary/aromatic N) is 1. The zero-order chi connectivity index (χ0) is 13.9. The molecule has 2 unspecified atom stereocenters. The van der Waals surface area contributed by atoms with Crippen LogP contribution in [-0.4, -0.2) is 48.1 Å². The average molecular weight is 256 g/mol. The van der Waals surface area contributed by atoms with Crippen molar-refractivity contribution >= 4 is 11.9 Å². The molecule has 1 amide bonds. The van der Waals surface area contributed by atoms with Gasteiger partial charge in [0.05, 0.1) is 5.41 Å². The number of nitrogens with one attached hydrogen (secondary N) is 1. The Morgan fingerprint density at radius 1 is 1.50 bits per heavy atom. The van der Waals surface area contributed by atoms with E-state index in [0.29, 0.717) is 0 Å². The lowest BCUT2D eigenvalue weighted by atomic mass is 9.76. The normalized spacial score (nSPS) is 23.9. The van der Waals surface area contributed by atoms with Crippen LogP contribution in [0, 0.1) is 11.3 Å². The molecule has 0 bridgehead atoms. The zero-order valence-electron chi connectivity index (χ0n) is 11.7. The Morgan fingerprint density at radius 3 is 2.50 bits per heavy atom. The Hall–Kier alpha value is -1.10. The fourth-order valence-electron chi connectivity index (χ4n) is 2.19. The van der Waals surface area contributed by atoms with Crippen LogP contribution in [0.4, 0.5) is 0 Å². The summed E-state index contributed by atoms with van der Waals surface area (Å²) in [6, 6.07) is 0.160. The van der Waals surface area contributed by atoms with E-state index < -0.39 is 11.4 Å². The largest absolute Gasteiger partial charge is 0.481 e. The number of carboxylic acid groups (broad SMARTS) is 1. The SMILES string of the molecule is CC(C)C(C)(CC(=O)NC1CCN(C)C1)C(=O)O. The van der Waals surface area contributed by atoms with Gasteiger partial charge >= 0.3 is 5.97 Å². The number of rotatable bonds is 5. The van der Waals surface area contributed by atoms with Crippen LogP contribution in [0.25, 0.3) is 0 Å². The number of amides is 1. The fourth-order valence-corrected chi connectivity index (χ4v) is 2.19. The summed E-state index contributed by atoms with van der Waals surface area (Å²) in [4.78, 5) is 25.4. The summed E-state index contributed by atoms with van der Waals surface area (Å²) in [5, 5.41) is 12.2. The van der Waals surface area contributed by atoms with Crippen LogP contribution >= 0.6 is 0 Å². The van der Waals surface area contributed by atoms with Crippen LogP contribution < -0.4 is 5.32 Å². The molecule has 0 saturated carbocycles. The van der Waals surface area contributed by atoms with E-state index in [4.69, 9.17) is 0 Å². The lowest BCUT2D eigenvalue weighted by molar-refractivity contribution is -0.153. The number of carbonyl (C=O) groups is 2. The molecule has 0 aromatic heterocycles. The summed E-state index contributed by atoms with van der Waals surface area (Å²) in [5.41, 5.74) is -0.991. The molecule has 0 aromatic carbocycles. The predicted octanol–water partition coefficient (Wildman–Crippen LogP) is 0.944. The minimum atomic E-state index is -0.991. The molecule has 1 heterocycles. The first-order chi connectivity index (χ1) is 8.25. The van der Waals surface area contributed by atoms with Crippen molar-refractivity contribution in [2.75, 3.05) is 20.1 Å². The third-order valence-corrected chi connectivity index (χ3v) is 4.05. The lowest BCUT2D eigenvalue weighted by Crippen LogP contribution is -2.43. The Balaban J connectivity index is 2.55. The van der Waals surface area contributed by atoms with Crippen molar-refractivity contribution < 1.29 is 14.7 Å². The van der Waals surface area contributed by atoms with E-state index in [2.05, 4.69) is 10.2 Å². The van der Waals surface area contributed by atoms with Crippen molar-refractivity contribution in [3.05, 3.63) is 0 Å². The number of likely N-dealkylation sites (tertiary alicyclic amines) is 1. The minimum absolute atomic E-state index is 0.0419. The molecule has 1 saturated heterocycles. The van der Waals surface area contributed by atoms with E-state index in [1.165, 1.54) is 0 Å². The molecule has 2 N–H and O–H groups in total. The monoisotopic (exact) mass is 256 g/mol. The molecule has 1 fully saturated rings. The van der Waals surface area contributed by atoms with E-state index in [1.807, 2.05) is 20.9 Å². The van der Waals surface area contributed by atoms with Gasteiger partial charge in [-0.2, -0.15) is 0 Å². The smallest absolute Gasteiger partial charge is 0.310 e. The molecule has 18 heavy (non-hydrogen) atoms. The van der Waals surface area contributed by atoms with Crippen LogP contribution in [-0.2, 0) is 9.59 Å². The molecule has 104 valence electrons. The van der Waals surface area contributed by atoms with Crippen LogP contribution in [0.15, 0.2) is 0 Å². The number of hydrogen-bond acceptors (Lipinski definition) is 3. The summed E-state index contributed by atoms with van der Waals surface area (Å²) in [6.45, 7) is 7.14. The van der Waals surface area contributed by atoms with Crippen molar-refractivity contribution in [1.29, 1.82) is 0 Å². The van der Waals surface area contributed by atoms with E-state index >= 15 is 0 Å². The minimum Gasteiger partial charge on any atom is -0.481 e. The van der Waals surface area contributed by atoms with Gasteiger partial charge in [-0.3, -0.25) is 9.59 Å². The molecule has 1 aliphatic rings. The van der Waals surface area contributed by atoms with Gasteiger partial charge in [0, 0.05) is 19.0 Å². The van der Waals surface area contributed by atoms with E-state index in [0.717, 1.165) is 19.5 Å². The van der Waals surface area contributed by atoms with Crippen LogP contribution in [0.5, 0.6) is 0 Å². The third kappa shape index (κ3) is 3.45. The van der Waals surface area contributed by atoms with E-state index in [1.54, 1.807) is 6.92 Å². The standard InChI is InChI=1S/C13H24N2O3/c1-9(2)13(3,12(17)18)7-11(16)14-10-5-6-15(4)8-10/h9-10H,5-8H2,1-4H3,(H,14,16)(H,17,18). The van der Waals surface area contributed by atoms with Gasteiger partial charge in [0.1, 0.15) is 0 Å². The second-order valence-corrected chi connectivity index (χ2v) is 5.87. The van der Waals surface area contributed by atoms with Gasteiger partial charge in [-0.1, -0.05) is 13.8 Å². The molecule has 1 aliphatic heterocycles. The Bertz CT molecular complexity index is 330. The molecule has 2 atom stereocenters. The molecular formula is C13H24N2O3. The number of likely N-dealkylation sites (N-methyl/N-ethyl adjacent to an activating group) is 1. The second-order valence-electron chi connectivity index (χ2n) is 5.87. The molecule has 0 aliphatic carbocycles. The van der Waals surface area contributed by atoms with Crippen molar-refractivity contribution in [1.82, 2.24) is 10.2 Å². The van der Waals surface area contributed by atoms with Crippen LogP contribution in [0.3, 0.4) is 0 Å². The maximum absolute atomic E-state index is 11.9. The van der Waals surface area contributed by atoms with Crippen molar-refractivity contribution in [3.63, 3.8) is 0 Å². The Labute approximate surface area is 109 Å². The maximum Gasteiger partial charge on any atom is 0.310 e. The molecule has 5 heteroatoms. The quantitative estimate of drug-likeness (QED) is 0.768. The number of carboxylic acids is 1. The molecule has 1 rings (SSSR count). The highest BCUT2D eigenvalue weighted by molar-refractivity contribution is 5.85. The first-order valence-electron chi connectivity index (χ1n) is 6.47. The number of carbonyl (C=O) groups excluding carboxylic acids is 1. The Morgan fingerprint density at radius 2 is 2.11 bits per heavy atom. The summed E-state index contributed by atoms with van der Waals surface area (Å²) < 4.78 is 0. The zero-order valence-corrected chi connectivity index (χ0v) is 11.7. The summed E-state index contributed by atoms with van der Waals surface area (Å²) >= 11 is 0. The highest BCUT2D eigenvalue weighted by atomic mass is 16.4. The average Bonchev–Trinajstić information content (AvgIpc) is 2.62. The summed E-state index contributed by atoms with van der Waals surface area (Å²) in [7, 11) is 2.02. The number of hydrogen-bond donors (Lipinski definition) is 2. The topological polar surface area (TPSA) is 69.6 Å². The van der Waals surface area contributed by atoms with Gasteiger partial charge in [-0.25, -0.2) is 0 Å². The van der Waals surface area contributed by atoms with Gasteiger partial charge in [0.15, 0.2) is 0 Å². The van der Waals surface area contributed by atoms with Gasteiger partial charge in [-0.15, -0.1) is 0 Å². The van der Waals surface area contributed by atoms with E-state index in [9.17, 15) is 14.7 Å². The number of aliphatic carboxylic acids is 1. The first-order valence-corrected chi connectivity index (χ1v) is 6.47. The van der Waals surface area contributed by atoms with Gasteiger partial charge < -0.3 is 15.3 Å². The maximum atomic E-state index is 11.9. The third-order valence-electron chi connectivity index (χ3n) is 4.05. The fraction of sp³-hybridized carbons (Fsp3) is 0.846. The van der Waals surface area contributed by atoms with E-state index in [-0.39, 0.29) is 24.3 Å². The predicted molar refractivity (Wildman–Crippen MR) is 69.2 cm³/mol. The van der Waals surface area contributed by atoms with Crippen molar-refractivity contribution in [2.24, 2.45) is 11.3 Å².